The molecular formula is C7H2F3IN2O5. The third-order valence-corrected chi connectivity index (χ3v) is 2.36. The summed E-state index contributed by atoms with van der Waals surface area (Å²) in [5, 5.41) is 19.3. The monoisotopic (exact) mass is 378 g/mol. The maximum absolute atomic E-state index is 12.1. The zero-order chi connectivity index (χ0) is 14.1. The van der Waals surface area contributed by atoms with E-state index in [0.717, 1.165) is 0 Å². The fourth-order valence-corrected chi connectivity index (χ4v) is 1.51. The second kappa shape index (κ2) is 4.91. The number of halogens is 4. The van der Waals surface area contributed by atoms with Crippen LogP contribution in [-0.4, -0.2) is 27.3 Å². The average Bonchev–Trinajstić information content (AvgIpc) is 2.17. The zero-order valence-corrected chi connectivity index (χ0v) is 10.2. The predicted molar refractivity (Wildman–Crippen MR) is 57.3 cm³/mol. The van der Waals surface area contributed by atoms with Crippen LogP contribution in [0.15, 0.2) is 6.20 Å². The van der Waals surface area contributed by atoms with E-state index in [2.05, 4.69) is 9.72 Å². The van der Waals surface area contributed by atoms with Crippen LogP contribution in [0.5, 0.6) is 5.75 Å². The standard InChI is InChI=1S/C7H2F3IN2O5/c8-7(9,10)18-4-3(13(16)17)2(6(14)15)1-12-5(4)11/h1H,(H,14,15). The lowest BCUT2D eigenvalue weighted by Gasteiger charge is -2.11. The number of aromatic carboxylic acids is 1. The van der Waals surface area contributed by atoms with Crippen molar-refractivity contribution in [1.82, 2.24) is 4.98 Å². The van der Waals surface area contributed by atoms with Crippen molar-refractivity contribution in [2.24, 2.45) is 0 Å². The molecule has 1 aromatic heterocycles. The number of ether oxygens (including phenoxy) is 1. The van der Waals surface area contributed by atoms with E-state index in [9.17, 15) is 28.1 Å². The van der Waals surface area contributed by atoms with Crippen LogP contribution >= 0.6 is 22.6 Å². The van der Waals surface area contributed by atoms with E-state index in [0.29, 0.717) is 6.20 Å². The molecule has 98 valence electrons. The second-order valence-electron chi connectivity index (χ2n) is 2.75. The Kier molecular flexibility index (Phi) is 3.93. The van der Waals surface area contributed by atoms with Crippen molar-refractivity contribution in [3.8, 4) is 5.75 Å². The Labute approximate surface area is 110 Å². The average molecular weight is 378 g/mol. The van der Waals surface area contributed by atoms with Gasteiger partial charge in [-0.2, -0.15) is 0 Å². The van der Waals surface area contributed by atoms with Gasteiger partial charge in [0.05, 0.1) is 4.92 Å². The van der Waals surface area contributed by atoms with Crippen LogP contribution in [-0.2, 0) is 0 Å². The third-order valence-electron chi connectivity index (χ3n) is 1.60. The van der Waals surface area contributed by atoms with Gasteiger partial charge in [0.15, 0.2) is 9.26 Å². The number of hydrogen-bond donors (Lipinski definition) is 1. The number of hydrogen-bond acceptors (Lipinski definition) is 5. The summed E-state index contributed by atoms with van der Waals surface area (Å²) >= 11 is 1.27. The number of aromatic nitrogens is 1. The van der Waals surface area contributed by atoms with Gasteiger partial charge in [-0.3, -0.25) is 10.1 Å². The molecular weight excluding hydrogens is 376 g/mol. The molecule has 0 aromatic carbocycles. The maximum atomic E-state index is 12.1. The molecule has 1 N–H and O–H groups in total. The fraction of sp³-hybridized carbons (Fsp3) is 0.143. The first-order valence-electron chi connectivity index (χ1n) is 3.95. The summed E-state index contributed by atoms with van der Waals surface area (Å²) in [5.74, 6) is -3.02. The molecule has 0 atom stereocenters. The highest BCUT2D eigenvalue weighted by Crippen LogP contribution is 2.37. The van der Waals surface area contributed by atoms with E-state index in [4.69, 9.17) is 5.11 Å². The number of carbonyl (C=O) groups is 1. The van der Waals surface area contributed by atoms with Crippen LogP contribution < -0.4 is 4.74 Å². The first-order chi connectivity index (χ1) is 8.13. The van der Waals surface area contributed by atoms with Crippen molar-refractivity contribution in [3.05, 3.63) is 25.6 Å². The lowest BCUT2D eigenvalue weighted by atomic mass is 10.2. The summed E-state index contributed by atoms with van der Waals surface area (Å²) in [4.78, 5) is 23.4. The molecule has 1 heterocycles. The van der Waals surface area contributed by atoms with Gasteiger partial charge < -0.3 is 9.84 Å². The largest absolute Gasteiger partial charge is 0.573 e. The van der Waals surface area contributed by atoms with Gasteiger partial charge in [0.2, 0.25) is 5.75 Å². The van der Waals surface area contributed by atoms with Crippen molar-refractivity contribution in [2.45, 2.75) is 6.36 Å². The Hall–Kier alpha value is -1.66. The maximum Gasteiger partial charge on any atom is 0.573 e. The van der Waals surface area contributed by atoms with Crippen LogP contribution in [0.3, 0.4) is 0 Å². The molecule has 0 radical (unpaired) electrons. The number of pyridine rings is 1. The molecule has 18 heavy (non-hydrogen) atoms. The third kappa shape index (κ3) is 3.18. The summed E-state index contributed by atoms with van der Waals surface area (Å²) in [6, 6.07) is 0. The highest BCUT2D eigenvalue weighted by molar-refractivity contribution is 14.1. The van der Waals surface area contributed by atoms with Crippen LogP contribution in [0.1, 0.15) is 10.4 Å². The lowest BCUT2D eigenvalue weighted by molar-refractivity contribution is -0.389. The van der Waals surface area contributed by atoms with E-state index in [1.165, 1.54) is 22.6 Å². The summed E-state index contributed by atoms with van der Waals surface area (Å²) in [5.41, 5.74) is -2.28. The SMILES string of the molecule is O=C(O)c1cnc(I)c(OC(F)(F)F)c1[N+](=O)[O-]. The van der Waals surface area contributed by atoms with Crippen molar-refractivity contribution < 1.29 is 32.7 Å². The predicted octanol–water partition coefficient (Wildman–Crippen LogP) is 2.19. The number of nitrogens with zero attached hydrogens (tertiary/aromatic N) is 2. The Balaban J connectivity index is 3.51. The Morgan fingerprint density at radius 1 is 1.56 bits per heavy atom. The summed E-state index contributed by atoms with van der Waals surface area (Å²) in [6.45, 7) is 0. The molecule has 0 bridgehead atoms. The summed E-state index contributed by atoms with van der Waals surface area (Å²) in [7, 11) is 0. The quantitative estimate of drug-likeness (QED) is 0.375. The van der Waals surface area contributed by atoms with E-state index in [1.807, 2.05) is 0 Å². The molecule has 0 aliphatic heterocycles. The smallest absolute Gasteiger partial charge is 0.477 e. The zero-order valence-electron chi connectivity index (χ0n) is 8.06. The molecule has 0 unspecified atom stereocenters. The van der Waals surface area contributed by atoms with Crippen molar-refractivity contribution in [1.29, 1.82) is 0 Å². The van der Waals surface area contributed by atoms with Gasteiger partial charge >= 0.3 is 18.0 Å². The van der Waals surface area contributed by atoms with Gasteiger partial charge in [-0.25, -0.2) is 9.78 Å². The number of nitro groups is 1. The number of rotatable bonds is 3. The van der Waals surface area contributed by atoms with Gasteiger partial charge in [-0.15, -0.1) is 13.2 Å². The molecule has 0 aliphatic rings. The van der Waals surface area contributed by atoms with E-state index >= 15 is 0 Å². The molecule has 7 nitrogen and oxygen atoms in total. The number of carboxylic acid groups (broad SMARTS) is 1. The van der Waals surface area contributed by atoms with E-state index in [1.54, 1.807) is 0 Å². The lowest BCUT2D eigenvalue weighted by Crippen LogP contribution is -2.20. The highest BCUT2D eigenvalue weighted by atomic mass is 127. The Bertz CT molecular complexity index is 519. The minimum atomic E-state index is -5.19. The summed E-state index contributed by atoms with van der Waals surface area (Å²) < 4.78 is 39.2. The second-order valence-corrected chi connectivity index (χ2v) is 3.77. The van der Waals surface area contributed by atoms with Gasteiger partial charge in [-0.1, -0.05) is 0 Å². The van der Waals surface area contributed by atoms with Crippen molar-refractivity contribution >= 4 is 34.2 Å². The van der Waals surface area contributed by atoms with Crippen LogP contribution in [0, 0.1) is 13.8 Å². The minimum Gasteiger partial charge on any atom is -0.477 e. The van der Waals surface area contributed by atoms with Gasteiger partial charge in [0.25, 0.3) is 0 Å². The molecule has 0 fully saturated rings. The van der Waals surface area contributed by atoms with Crippen molar-refractivity contribution in [2.75, 3.05) is 0 Å². The van der Waals surface area contributed by atoms with Crippen LogP contribution in [0.2, 0.25) is 0 Å². The Morgan fingerprint density at radius 3 is 2.50 bits per heavy atom. The fourth-order valence-electron chi connectivity index (χ4n) is 1.00. The first kappa shape index (κ1) is 14.4. The number of alkyl halides is 3. The van der Waals surface area contributed by atoms with E-state index in [-0.39, 0.29) is 0 Å². The van der Waals surface area contributed by atoms with Crippen LogP contribution in [0.25, 0.3) is 0 Å². The van der Waals surface area contributed by atoms with Gasteiger partial charge in [-0.05, 0) is 22.6 Å². The van der Waals surface area contributed by atoms with E-state index < -0.39 is 38.0 Å². The highest BCUT2D eigenvalue weighted by Gasteiger charge is 2.38. The minimum absolute atomic E-state index is 0.471. The summed E-state index contributed by atoms with van der Waals surface area (Å²) in [6.07, 6.45) is -4.60. The first-order valence-corrected chi connectivity index (χ1v) is 5.03. The molecule has 0 aliphatic carbocycles. The molecule has 1 rings (SSSR count). The Morgan fingerprint density at radius 2 is 2.11 bits per heavy atom. The molecule has 11 heteroatoms. The topological polar surface area (TPSA) is 103 Å². The normalized spacial score (nSPS) is 11.1. The molecule has 0 saturated heterocycles. The molecule has 0 spiro atoms. The molecule has 0 amide bonds. The van der Waals surface area contributed by atoms with Gasteiger partial charge in [0.1, 0.15) is 0 Å². The number of carboxylic acids is 1. The van der Waals surface area contributed by atoms with Crippen molar-refractivity contribution in [3.63, 3.8) is 0 Å². The van der Waals surface area contributed by atoms with Crippen LogP contribution in [0.4, 0.5) is 18.9 Å². The molecule has 0 saturated carbocycles. The van der Waals surface area contributed by atoms with Gasteiger partial charge in [0, 0.05) is 6.20 Å². The molecule has 1 aromatic rings.